The van der Waals surface area contributed by atoms with Gasteiger partial charge < -0.3 is 9.47 Å². The zero-order chi connectivity index (χ0) is 19.0. The second-order valence-electron chi connectivity index (χ2n) is 6.19. The zero-order valence-corrected chi connectivity index (χ0v) is 15.2. The monoisotopic (exact) mass is 376 g/mol. The van der Waals surface area contributed by atoms with Crippen LogP contribution in [0, 0.1) is 0 Å². The first-order valence-electron chi connectivity index (χ1n) is 8.93. The summed E-state index contributed by atoms with van der Waals surface area (Å²) in [5.74, 6) is 0. The molecule has 0 amide bonds. The molecule has 4 rings (SSSR count). The van der Waals surface area contributed by atoms with Crippen LogP contribution in [0.2, 0.25) is 0 Å². The molecule has 2 aromatic carbocycles. The van der Waals surface area contributed by atoms with Crippen LogP contribution in [-0.2, 0) is 35.9 Å². The third kappa shape index (κ3) is 4.48. The van der Waals surface area contributed by atoms with Crippen LogP contribution in [0.25, 0.3) is 11.4 Å². The standard InChI is InChI=1S/C20H20N6O2/c1-3-7-15(8-4-1)11-27-13-17-19(23-25-21-17)20-18(22-26-24-20)14-28-12-16-9-5-2-6-10-16/h1-10H,11-14H2,(H,21,23,25)(H,22,24,26). The maximum absolute atomic E-state index is 5.77. The molecule has 0 radical (unpaired) electrons. The minimum absolute atomic E-state index is 0.317. The van der Waals surface area contributed by atoms with Gasteiger partial charge in [0, 0.05) is 0 Å². The highest BCUT2D eigenvalue weighted by atomic mass is 16.5. The Morgan fingerprint density at radius 3 is 1.39 bits per heavy atom. The fraction of sp³-hybridized carbons (Fsp3) is 0.200. The van der Waals surface area contributed by atoms with Gasteiger partial charge in [-0.2, -0.15) is 30.8 Å². The van der Waals surface area contributed by atoms with Crippen LogP contribution >= 0.6 is 0 Å². The average Bonchev–Trinajstić information content (AvgIpc) is 3.39. The Morgan fingerprint density at radius 1 is 0.536 bits per heavy atom. The number of nitrogens with zero attached hydrogens (tertiary/aromatic N) is 4. The third-order valence-electron chi connectivity index (χ3n) is 4.17. The lowest BCUT2D eigenvalue weighted by molar-refractivity contribution is 0.104. The molecule has 2 aromatic heterocycles. The van der Waals surface area contributed by atoms with E-state index in [1.165, 1.54) is 0 Å². The van der Waals surface area contributed by atoms with Crippen molar-refractivity contribution >= 4 is 0 Å². The number of ether oxygens (including phenoxy) is 2. The predicted molar refractivity (Wildman–Crippen MR) is 102 cm³/mol. The summed E-state index contributed by atoms with van der Waals surface area (Å²) in [6.45, 7) is 1.63. The van der Waals surface area contributed by atoms with Gasteiger partial charge in [-0.15, -0.1) is 0 Å². The van der Waals surface area contributed by atoms with E-state index in [0.29, 0.717) is 49.2 Å². The molecule has 2 heterocycles. The third-order valence-corrected chi connectivity index (χ3v) is 4.17. The van der Waals surface area contributed by atoms with Gasteiger partial charge in [0.2, 0.25) is 0 Å². The van der Waals surface area contributed by atoms with E-state index in [4.69, 9.17) is 9.47 Å². The number of aromatic nitrogens is 6. The first-order chi connectivity index (χ1) is 13.9. The number of benzene rings is 2. The van der Waals surface area contributed by atoms with E-state index in [9.17, 15) is 0 Å². The van der Waals surface area contributed by atoms with E-state index >= 15 is 0 Å². The van der Waals surface area contributed by atoms with Crippen molar-refractivity contribution in [2.45, 2.75) is 26.4 Å². The number of rotatable bonds is 9. The molecule has 0 unspecified atom stereocenters. The maximum atomic E-state index is 5.77. The fourth-order valence-electron chi connectivity index (χ4n) is 2.77. The molecular formula is C20H20N6O2. The Bertz CT molecular complexity index is 902. The smallest absolute Gasteiger partial charge is 0.140 e. The number of hydrogen-bond acceptors (Lipinski definition) is 6. The molecule has 4 aromatic rings. The molecule has 28 heavy (non-hydrogen) atoms. The van der Waals surface area contributed by atoms with Crippen molar-refractivity contribution < 1.29 is 9.47 Å². The lowest BCUT2D eigenvalue weighted by atomic mass is 10.2. The van der Waals surface area contributed by atoms with Crippen LogP contribution in [0.3, 0.4) is 0 Å². The lowest BCUT2D eigenvalue weighted by Gasteiger charge is -2.05. The van der Waals surface area contributed by atoms with Crippen LogP contribution in [0.4, 0.5) is 0 Å². The van der Waals surface area contributed by atoms with Crippen LogP contribution < -0.4 is 0 Å². The lowest BCUT2D eigenvalue weighted by Crippen LogP contribution is -2.00. The molecule has 0 aliphatic rings. The van der Waals surface area contributed by atoms with E-state index in [0.717, 1.165) is 11.1 Å². The summed E-state index contributed by atoms with van der Waals surface area (Å²) in [7, 11) is 0. The first-order valence-corrected chi connectivity index (χ1v) is 8.93. The number of aromatic amines is 2. The molecule has 8 nitrogen and oxygen atoms in total. The summed E-state index contributed by atoms with van der Waals surface area (Å²) in [5.41, 5.74) is 4.77. The molecule has 0 aliphatic carbocycles. The highest BCUT2D eigenvalue weighted by molar-refractivity contribution is 5.58. The van der Waals surface area contributed by atoms with Crippen LogP contribution in [0.1, 0.15) is 22.5 Å². The molecule has 2 N–H and O–H groups in total. The predicted octanol–water partition coefficient (Wildman–Crippen LogP) is 3.02. The van der Waals surface area contributed by atoms with E-state index in [-0.39, 0.29) is 0 Å². The van der Waals surface area contributed by atoms with Gasteiger partial charge in [-0.3, -0.25) is 0 Å². The first kappa shape index (κ1) is 18.0. The number of H-pyrrole nitrogens is 2. The van der Waals surface area contributed by atoms with Crippen molar-refractivity contribution in [2.75, 3.05) is 0 Å². The fourth-order valence-corrected chi connectivity index (χ4v) is 2.77. The molecular weight excluding hydrogens is 356 g/mol. The Balaban J connectivity index is 1.37. The summed E-state index contributed by atoms with van der Waals surface area (Å²) < 4.78 is 11.5. The molecule has 0 saturated heterocycles. The molecule has 0 spiro atoms. The zero-order valence-electron chi connectivity index (χ0n) is 15.2. The van der Waals surface area contributed by atoms with E-state index in [2.05, 4.69) is 30.8 Å². The highest BCUT2D eigenvalue weighted by Gasteiger charge is 2.18. The minimum Gasteiger partial charge on any atom is -0.370 e. The van der Waals surface area contributed by atoms with Crippen molar-refractivity contribution in [1.29, 1.82) is 0 Å². The summed E-state index contributed by atoms with van der Waals surface area (Å²) >= 11 is 0. The number of nitrogens with one attached hydrogen (secondary N) is 2. The molecule has 0 saturated carbocycles. The summed E-state index contributed by atoms with van der Waals surface area (Å²) in [6.07, 6.45) is 0. The van der Waals surface area contributed by atoms with Gasteiger partial charge in [-0.1, -0.05) is 60.7 Å². The molecule has 0 atom stereocenters. The summed E-state index contributed by atoms with van der Waals surface area (Å²) in [6, 6.07) is 20.0. The van der Waals surface area contributed by atoms with Gasteiger partial charge >= 0.3 is 0 Å². The van der Waals surface area contributed by atoms with Crippen molar-refractivity contribution in [3.05, 3.63) is 83.2 Å². The Hall–Kier alpha value is -3.36. The molecule has 8 heteroatoms. The molecule has 0 fully saturated rings. The molecule has 0 bridgehead atoms. The van der Waals surface area contributed by atoms with Crippen molar-refractivity contribution in [3.8, 4) is 11.4 Å². The van der Waals surface area contributed by atoms with Crippen LogP contribution in [-0.4, -0.2) is 30.8 Å². The number of hydrogen-bond donors (Lipinski definition) is 2. The second-order valence-corrected chi connectivity index (χ2v) is 6.19. The Kier molecular flexibility index (Phi) is 5.81. The summed E-state index contributed by atoms with van der Waals surface area (Å²) in [4.78, 5) is 0. The topological polar surface area (TPSA) is 102 Å². The quantitative estimate of drug-likeness (QED) is 0.466. The van der Waals surface area contributed by atoms with Gasteiger partial charge in [-0.05, 0) is 11.1 Å². The second kappa shape index (κ2) is 9.03. The Labute approximate surface area is 161 Å². The van der Waals surface area contributed by atoms with Gasteiger partial charge in [-0.25, -0.2) is 0 Å². The maximum Gasteiger partial charge on any atom is 0.140 e. The van der Waals surface area contributed by atoms with Crippen molar-refractivity contribution in [3.63, 3.8) is 0 Å². The minimum atomic E-state index is 0.317. The van der Waals surface area contributed by atoms with E-state index in [1.54, 1.807) is 0 Å². The normalized spacial score (nSPS) is 11.0. The average molecular weight is 376 g/mol. The van der Waals surface area contributed by atoms with E-state index < -0.39 is 0 Å². The molecule has 0 aliphatic heterocycles. The van der Waals surface area contributed by atoms with Gasteiger partial charge in [0.25, 0.3) is 0 Å². The Morgan fingerprint density at radius 2 is 0.964 bits per heavy atom. The van der Waals surface area contributed by atoms with Gasteiger partial charge in [0.1, 0.15) is 22.8 Å². The van der Waals surface area contributed by atoms with Crippen molar-refractivity contribution in [1.82, 2.24) is 30.8 Å². The summed E-state index contributed by atoms with van der Waals surface area (Å²) in [5, 5.41) is 22.1. The van der Waals surface area contributed by atoms with Gasteiger partial charge in [0.05, 0.1) is 26.4 Å². The van der Waals surface area contributed by atoms with Crippen molar-refractivity contribution in [2.24, 2.45) is 0 Å². The van der Waals surface area contributed by atoms with Crippen LogP contribution in [0.15, 0.2) is 60.7 Å². The van der Waals surface area contributed by atoms with E-state index in [1.807, 2.05) is 60.7 Å². The largest absolute Gasteiger partial charge is 0.370 e. The SMILES string of the molecule is c1ccc(COCc2n[nH]nc2-c2n[nH]nc2COCc2ccccc2)cc1. The van der Waals surface area contributed by atoms with Crippen LogP contribution in [0.5, 0.6) is 0 Å². The molecule has 142 valence electrons. The highest BCUT2D eigenvalue weighted by Crippen LogP contribution is 2.21. The van der Waals surface area contributed by atoms with Gasteiger partial charge in [0.15, 0.2) is 0 Å².